The predicted octanol–water partition coefficient (Wildman–Crippen LogP) is 8.23. The molecule has 0 amide bonds. The highest BCUT2D eigenvalue weighted by Gasteiger charge is 2.49. The molecule has 0 spiro atoms. The maximum Gasteiger partial charge on any atom is 0.534 e. The molecule has 2 aliphatic rings. The molecule has 2 aromatic rings. The second-order valence-corrected chi connectivity index (χ2v) is 11.7. The normalized spacial score (nSPS) is 26.1. The molecule has 0 unspecified atom stereocenters. The van der Waals surface area contributed by atoms with Gasteiger partial charge in [-0.2, -0.15) is 21.6 Å². The number of hydrogen-bond acceptors (Lipinski definition) is 3. The van der Waals surface area contributed by atoms with E-state index < -0.39 is 38.4 Å². The number of fused-ring (bicyclic) bond motifs is 1. The number of alkyl halides is 3. The lowest BCUT2D eigenvalue weighted by Crippen LogP contribution is -2.28. The lowest BCUT2D eigenvalue weighted by atomic mass is 9.68. The largest absolute Gasteiger partial charge is 0.534 e. The molecule has 2 saturated carbocycles. The van der Waals surface area contributed by atoms with Gasteiger partial charge in [-0.3, -0.25) is 0 Å². The Labute approximate surface area is 203 Å². The summed E-state index contributed by atoms with van der Waals surface area (Å²) in [5.74, 6) is -1.15. The minimum absolute atomic E-state index is 0.131. The zero-order valence-electron chi connectivity index (χ0n) is 19.7. The second-order valence-electron chi connectivity index (χ2n) is 10.1. The van der Waals surface area contributed by atoms with E-state index in [4.69, 9.17) is 0 Å². The van der Waals surface area contributed by atoms with E-state index in [9.17, 15) is 30.4 Å². The lowest BCUT2D eigenvalue weighted by Gasteiger charge is -2.38. The number of hydrogen-bond donors (Lipinski definition) is 0. The molecule has 0 bridgehead atoms. The number of benzene rings is 2. The van der Waals surface area contributed by atoms with Crippen LogP contribution in [0.4, 0.5) is 22.0 Å². The number of halogens is 5. The maximum absolute atomic E-state index is 14.9. The minimum Gasteiger partial charge on any atom is -0.373 e. The highest BCUT2D eigenvalue weighted by atomic mass is 32.2. The summed E-state index contributed by atoms with van der Waals surface area (Å²) in [4.78, 5) is 0. The Hall–Kier alpha value is -1.90. The quantitative estimate of drug-likeness (QED) is 0.220. The first-order chi connectivity index (χ1) is 16.5. The van der Waals surface area contributed by atoms with Crippen LogP contribution >= 0.6 is 0 Å². The van der Waals surface area contributed by atoms with Gasteiger partial charge in [-0.25, -0.2) is 8.78 Å². The van der Waals surface area contributed by atoms with Gasteiger partial charge >= 0.3 is 15.6 Å². The molecule has 3 nitrogen and oxygen atoms in total. The van der Waals surface area contributed by atoms with Gasteiger partial charge in [0.25, 0.3) is 0 Å². The van der Waals surface area contributed by atoms with Crippen molar-refractivity contribution in [2.75, 3.05) is 0 Å². The second kappa shape index (κ2) is 10.2. The van der Waals surface area contributed by atoms with Crippen molar-refractivity contribution in [3.05, 3.63) is 41.5 Å². The first-order valence-electron chi connectivity index (χ1n) is 12.4. The molecule has 194 valence electrons. The van der Waals surface area contributed by atoms with E-state index in [2.05, 4.69) is 11.1 Å². The van der Waals surface area contributed by atoms with Gasteiger partial charge in [-0.1, -0.05) is 44.7 Å². The molecule has 9 heteroatoms. The van der Waals surface area contributed by atoms with Gasteiger partial charge in [0.15, 0.2) is 11.6 Å². The summed E-state index contributed by atoms with van der Waals surface area (Å²) in [6.07, 6.45) is 11.7. The minimum atomic E-state index is -6.06. The molecule has 0 aromatic heterocycles. The Morgan fingerprint density at radius 3 is 2.09 bits per heavy atom. The van der Waals surface area contributed by atoms with Gasteiger partial charge in [0.1, 0.15) is 5.82 Å². The highest BCUT2D eigenvalue weighted by molar-refractivity contribution is 7.88. The van der Waals surface area contributed by atoms with Crippen molar-refractivity contribution in [1.82, 2.24) is 0 Å². The summed E-state index contributed by atoms with van der Waals surface area (Å²) in [5.41, 5.74) is -4.99. The Bertz CT molecular complexity index is 1150. The van der Waals surface area contributed by atoms with Gasteiger partial charge in [0, 0.05) is 0 Å². The van der Waals surface area contributed by atoms with E-state index in [1.807, 2.05) is 0 Å². The van der Waals surface area contributed by atoms with Gasteiger partial charge in [0.2, 0.25) is 0 Å². The molecule has 0 atom stereocenters. The van der Waals surface area contributed by atoms with Gasteiger partial charge in [0.05, 0.1) is 5.39 Å². The molecule has 2 fully saturated rings. The van der Waals surface area contributed by atoms with Crippen LogP contribution in [-0.2, 0) is 10.1 Å². The molecule has 0 heterocycles. The lowest BCUT2D eigenvalue weighted by molar-refractivity contribution is -0.0500. The average molecular weight is 519 g/mol. The summed E-state index contributed by atoms with van der Waals surface area (Å²) >= 11 is 0. The van der Waals surface area contributed by atoms with E-state index in [1.54, 1.807) is 6.07 Å². The third kappa shape index (κ3) is 5.59. The molecular formula is C26H31F5O3S. The van der Waals surface area contributed by atoms with Crippen molar-refractivity contribution in [1.29, 1.82) is 0 Å². The average Bonchev–Trinajstić information content (AvgIpc) is 2.81. The first kappa shape index (κ1) is 26.2. The van der Waals surface area contributed by atoms with E-state index in [0.29, 0.717) is 5.92 Å². The molecule has 0 saturated heterocycles. The van der Waals surface area contributed by atoms with Crippen molar-refractivity contribution < 1.29 is 34.6 Å². The summed E-state index contributed by atoms with van der Waals surface area (Å²) in [6, 6.07) is 4.83. The molecule has 2 aromatic carbocycles. The number of rotatable bonds is 6. The van der Waals surface area contributed by atoms with Gasteiger partial charge in [-0.15, -0.1) is 0 Å². The van der Waals surface area contributed by atoms with Gasteiger partial charge in [-0.05, 0) is 85.3 Å². The Morgan fingerprint density at radius 2 is 1.51 bits per heavy atom. The van der Waals surface area contributed by atoms with Crippen LogP contribution in [0.1, 0.15) is 82.6 Å². The molecule has 35 heavy (non-hydrogen) atoms. The Kier molecular flexibility index (Phi) is 7.65. The van der Waals surface area contributed by atoms with E-state index in [-0.39, 0.29) is 11.3 Å². The van der Waals surface area contributed by atoms with E-state index in [0.717, 1.165) is 49.1 Å². The SMILES string of the molecule is CCCC1CCC(C2CCC(c3cc(F)c4c(F)c(OS(=O)(=O)C(F)(F)F)ccc4c3)CC2)CC1. The van der Waals surface area contributed by atoms with Gasteiger partial charge < -0.3 is 4.18 Å². The fourth-order valence-electron chi connectivity index (χ4n) is 6.12. The summed E-state index contributed by atoms with van der Waals surface area (Å²) < 4.78 is 93.8. The van der Waals surface area contributed by atoms with Crippen LogP contribution in [0.2, 0.25) is 0 Å². The van der Waals surface area contributed by atoms with E-state index >= 15 is 0 Å². The van der Waals surface area contributed by atoms with Crippen LogP contribution in [0.3, 0.4) is 0 Å². The first-order valence-corrected chi connectivity index (χ1v) is 13.8. The van der Waals surface area contributed by atoms with Crippen molar-refractivity contribution in [3.8, 4) is 5.75 Å². The summed E-state index contributed by atoms with van der Waals surface area (Å²) in [5, 5.41) is -0.424. The predicted molar refractivity (Wildman–Crippen MR) is 125 cm³/mol. The van der Waals surface area contributed by atoms with Crippen LogP contribution in [-0.4, -0.2) is 13.9 Å². The fraction of sp³-hybridized carbons (Fsp3) is 0.615. The third-order valence-electron chi connectivity index (χ3n) is 7.97. The van der Waals surface area contributed by atoms with Crippen molar-refractivity contribution in [2.24, 2.45) is 17.8 Å². The van der Waals surface area contributed by atoms with Crippen LogP contribution in [0, 0.1) is 29.4 Å². The fourth-order valence-corrected chi connectivity index (χ4v) is 6.58. The van der Waals surface area contributed by atoms with Crippen LogP contribution < -0.4 is 4.18 Å². The maximum atomic E-state index is 14.9. The molecular weight excluding hydrogens is 487 g/mol. The topological polar surface area (TPSA) is 43.4 Å². The van der Waals surface area contributed by atoms with E-state index in [1.165, 1.54) is 50.7 Å². The highest BCUT2D eigenvalue weighted by Crippen LogP contribution is 2.45. The van der Waals surface area contributed by atoms with Crippen LogP contribution in [0.5, 0.6) is 5.75 Å². The standard InChI is InChI=1S/C26H31F5O3S/c1-2-3-16-4-6-17(7-5-16)18-8-10-19(11-9-18)21-14-20-12-13-23(25(28)24(20)22(27)15-21)34-35(32,33)26(29,30)31/h12-19H,2-11H2,1H3. The zero-order valence-corrected chi connectivity index (χ0v) is 20.5. The molecule has 0 N–H and O–H groups in total. The third-order valence-corrected chi connectivity index (χ3v) is 8.94. The van der Waals surface area contributed by atoms with Crippen molar-refractivity contribution in [2.45, 2.75) is 82.6 Å². The van der Waals surface area contributed by atoms with Crippen LogP contribution in [0.25, 0.3) is 10.8 Å². The Morgan fingerprint density at radius 1 is 0.914 bits per heavy atom. The monoisotopic (exact) mass is 518 g/mol. The molecule has 2 aliphatic carbocycles. The smallest absolute Gasteiger partial charge is 0.373 e. The molecule has 4 rings (SSSR count). The van der Waals surface area contributed by atoms with Crippen LogP contribution in [0.15, 0.2) is 24.3 Å². The Balaban J connectivity index is 1.46. The van der Waals surface area contributed by atoms with Crippen molar-refractivity contribution in [3.63, 3.8) is 0 Å². The molecule has 0 radical (unpaired) electrons. The van der Waals surface area contributed by atoms with Crippen molar-refractivity contribution >= 4 is 20.9 Å². The molecule has 0 aliphatic heterocycles. The summed E-state index contributed by atoms with van der Waals surface area (Å²) in [6.45, 7) is 2.24. The summed E-state index contributed by atoms with van der Waals surface area (Å²) in [7, 11) is -6.06. The zero-order chi connectivity index (χ0) is 25.4.